The molecular formula is C24H26Cl2FN3O3S. The third-order valence-electron chi connectivity index (χ3n) is 6.22. The van der Waals surface area contributed by atoms with Crippen LogP contribution in [0.15, 0.2) is 41.3 Å². The van der Waals surface area contributed by atoms with Crippen LogP contribution in [0.1, 0.15) is 18.4 Å². The molecule has 1 atom stereocenters. The van der Waals surface area contributed by atoms with Gasteiger partial charge >= 0.3 is 0 Å². The summed E-state index contributed by atoms with van der Waals surface area (Å²) in [6.45, 7) is 4.50. The molecule has 0 aliphatic carbocycles. The highest BCUT2D eigenvalue weighted by atomic mass is 35.5. The van der Waals surface area contributed by atoms with Gasteiger partial charge in [0.25, 0.3) is 0 Å². The van der Waals surface area contributed by atoms with Crippen molar-refractivity contribution in [2.45, 2.75) is 17.7 Å². The number of rotatable bonds is 9. The molecule has 2 aliphatic heterocycles. The van der Waals surface area contributed by atoms with E-state index in [2.05, 4.69) is 5.32 Å². The monoisotopic (exact) mass is 525 g/mol. The van der Waals surface area contributed by atoms with Crippen LogP contribution in [0, 0.1) is 28.5 Å². The largest absolute Gasteiger partial charge is 0.493 e. The van der Waals surface area contributed by atoms with Gasteiger partial charge in [0.2, 0.25) is 0 Å². The number of halogens is 3. The number of hydrogen-bond donors (Lipinski definition) is 1. The molecule has 4 rings (SSSR count). The molecule has 0 bridgehead atoms. The van der Waals surface area contributed by atoms with Crippen molar-refractivity contribution in [2.75, 3.05) is 46.0 Å². The summed E-state index contributed by atoms with van der Waals surface area (Å²) in [6.07, 6.45) is 2.07. The van der Waals surface area contributed by atoms with Crippen LogP contribution in [0.5, 0.6) is 5.75 Å². The Balaban J connectivity index is 1.41. The Labute approximate surface area is 211 Å². The molecule has 0 spiro atoms. The molecule has 0 radical (unpaired) electrons. The number of hydrogen-bond acceptors (Lipinski definition) is 5. The SMILES string of the molecule is N#Cc1ccc(OCC2(CNCC3CCOCC3)CN(S(=O)c3ccc(Cl)cc3Cl)C2)cc1F. The lowest BCUT2D eigenvalue weighted by Gasteiger charge is -2.49. The first-order valence-electron chi connectivity index (χ1n) is 11.1. The van der Waals surface area contributed by atoms with E-state index in [1.165, 1.54) is 12.1 Å². The molecule has 2 fully saturated rings. The highest BCUT2D eigenvalue weighted by Crippen LogP contribution is 2.36. The van der Waals surface area contributed by atoms with E-state index < -0.39 is 16.8 Å². The lowest BCUT2D eigenvalue weighted by Crippen LogP contribution is -2.63. The van der Waals surface area contributed by atoms with Crippen molar-refractivity contribution in [3.63, 3.8) is 0 Å². The average molecular weight is 526 g/mol. The molecule has 2 aromatic carbocycles. The van der Waals surface area contributed by atoms with Crippen LogP contribution in [0.25, 0.3) is 0 Å². The molecular weight excluding hydrogens is 500 g/mol. The summed E-state index contributed by atoms with van der Waals surface area (Å²) >= 11 is 12.2. The molecule has 2 heterocycles. The first kappa shape index (κ1) is 25.4. The number of benzene rings is 2. The first-order chi connectivity index (χ1) is 16.4. The normalized spacial score (nSPS) is 19.2. The van der Waals surface area contributed by atoms with E-state index in [1.807, 2.05) is 10.4 Å². The fourth-order valence-electron chi connectivity index (χ4n) is 4.23. The minimum atomic E-state index is -1.43. The lowest BCUT2D eigenvalue weighted by molar-refractivity contribution is 0.0188. The molecule has 1 N–H and O–H groups in total. The van der Waals surface area contributed by atoms with Gasteiger partial charge in [0.15, 0.2) is 0 Å². The standard InChI is InChI=1S/C24H26Cl2FN3O3S/c25-19-2-4-23(21(26)9-19)34(31)30-14-24(15-30,13-29-12-17-5-7-32-8-6-17)16-33-20-3-1-18(11-28)22(27)10-20/h1-4,9-10,17,29H,5-8,12-16H2. The maximum atomic E-state index is 14.0. The van der Waals surface area contributed by atoms with Gasteiger partial charge in [-0.25, -0.2) is 12.9 Å². The second kappa shape index (κ2) is 11.3. The minimum absolute atomic E-state index is 0.0229. The van der Waals surface area contributed by atoms with Gasteiger partial charge in [0.05, 0.1) is 22.1 Å². The van der Waals surface area contributed by atoms with E-state index in [0.29, 0.717) is 52.8 Å². The molecule has 182 valence electrons. The Morgan fingerprint density at radius 1 is 1.24 bits per heavy atom. The van der Waals surface area contributed by atoms with Gasteiger partial charge in [-0.15, -0.1) is 0 Å². The highest BCUT2D eigenvalue weighted by molar-refractivity contribution is 7.82. The van der Waals surface area contributed by atoms with E-state index in [-0.39, 0.29) is 11.0 Å². The van der Waals surface area contributed by atoms with Crippen LogP contribution in [-0.4, -0.2) is 54.5 Å². The van der Waals surface area contributed by atoms with Gasteiger partial charge < -0.3 is 14.8 Å². The lowest BCUT2D eigenvalue weighted by atomic mass is 9.82. The average Bonchev–Trinajstić information content (AvgIpc) is 2.80. The van der Waals surface area contributed by atoms with E-state index in [4.69, 9.17) is 37.9 Å². The number of nitriles is 1. The van der Waals surface area contributed by atoms with Crippen molar-refractivity contribution in [1.29, 1.82) is 5.26 Å². The molecule has 0 aromatic heterocycles. The van der Waals surface area contributed by atoms with Crippen LogP contribution in [-0.2, 0) is 15.7 Å². The smallest absolute Gasteiger partial charge is 0.144 e. The second-order valence-corrected chi connectivity index (χ2v) is 11.1. The van der Waals surface area contributed by atoms with Crippen molar-refractivity contribution < 1.29 is 18.1 Å². The third-order valence-corrected chi connectivity index (χ3v) is 8.34. The molecule has 2 saturated heterocycles. The minimum Gasteiger partial charge on any atom is -0.493 e. The molecule has 0 saturated carbocycles. The van der Waals surface area contributed by atoms with Crippen molar-refractivity contribution in [3.05, 3.63) is 57.8 Å². The zero-order valence-corrected chi connectivity index (χ0v) is 20.9. The van der Waals surface area contributed by atoms with E-state index in [1.54, 1.807) is 24.3 Å². The Kier molecular flexibility index (Phi) is 8.46. The van der Waals surface area contributed by atoms with E-state index in [0.717, 1.165) is 32.6 Å². The molecule has 6 nitrogen and oxygen atoms in total. The number of nitrogens with zero attached hydrogens (tertiary/aromatic N) is 2. The summed E-state index contributed by atoms with van der Waals surface area (Å²) in [5.74, 6) is 0.318. The number of ether oxygens (including phenoxy) is 2. The van der Waals surface area contributed by atoms with Gasteiger partial charge in [0.1, 0.15) is 28.6 Å². The molecule has 1 unspecified atom stereocenters. The Morgan fingerprint density at radius 2 is 2.00 bits per heavy atom. The summed E-state index contributed by atoms with van der Waals surface area (Å²) in [6, 6.07) is 11.0. The predicted molar refractivity (Wildman–Crippen MR) is 130 cm³/mol. The summed E-state index contributed by atoms with van der Waals surface area (Å²) in [7, 11) is -1.43. The first-order valence-corrected chi connectivity index (χ1v) is 13.0. The predicted octanol–water partition coefficient (Wildman–Crippen LogP) is 4.42. The molecule has 2 aliphatic rings. The maximum absolute atomic E-state index is 14.0. The van der Waals surface area contributed by atoms with Crippen molar-refractivity contribution in [1.82, 2.24) is 9.62 Å². The van der Waals surface area contributed by atoms with Gasteiger partial charge in [0, 0.05) is 49.4 Å². The summed E-state index contributed by atoms with van der Waals surface area (Å²) in [5.41, 5.74) is -0.324. The van der Waals surface area contributed by atoms with Crippen LogP contribution in [0.4, 0.5) is 4.39 Å². The van der Waals surface area contributed by atoms with Crippen molar-refractivity contribution in [3.8, 4) is 11.8 Å². The topological polar surface area (TPSA) is 74.6 Å². The van der Waals surface area contributed by atoms with Crippen LogP contribution in [0.3, 0.4) is 0 Å². The molecule has 34 heavy (non-hydrogen) atoms. The van der Waals surface area contributed by atoms with Gasteiger partial charge in [-0.2, -0.15) is 5.26 Å². The summed E-state index contributed by atoms with van der Waals surface area (Å²) in [5, 5.41) is 13.3. The Morgan fingerprint density at radius 3 is 2.68 bits per heavy atom. The van der Waals surface area contributed by atoms with Crippen molar-refractivity contribution in [2.24, 2.45) is 11.3 Å². The van der Waals surface area contributed by atoms with Crippen LogP contribution < -0.4 is 10.1 Å². The molecule has 10 heteroatoms. The van der Waals surface area contributed by atoms with Gasteiger partial charge in [-0.1, -0.05) is 23.2 Å². The number of nitrogens with one attached hydrogen (secondary N) is 1. The fourth-order valence-corrected chi connectivity index (χ4v) is 6.31. The Hall–Kier alpha value is -1.73. The zero-order valence-electron chi connectivity index (χ0n) is 18.6. The highest BCUT2D eigenvalue weighted by Gasteiger charge is 2.46. The Bertz CT molecular complexity index is 1090. The van der Waals surface area contributed by atoms with Crippen LogP contribution in [0.2, 0.25) is 10.0 Å². The van der Waals surface area contributed by atoms with Crippen molar-refractivity contribution >= 4 is 34.2 Å². The van der Waals surface area contributed by atoms with E-state index >= 15 is 0 Å². The summed E-state index contributed by atoms with van der Waals surface area (Å²) in [4.78, 5) is 0.518. The fraction of sp³-hybridized carbons (Fsp3) is 0.458. The maximum Gasteiger partial charge on any atom is 0.144 e. The third kappa shape index (κ3) is 6.09. The molecule has 0 amide bonds. The molecule has 2 aromatic rings. The van der Waals surface area contributed by atoms with Gasteiger partial charge in [-0.05, 0) is 55.6 Å². The quantitative estimate of drug-likeness (QED) is 0.524. The second-order valence-electron chi connectivity index (χ2n) is 8.85. The van der Waals surface area contributed by atoms with E-state index in [9.17, 15) is 8.60 Å². The zero-order chi connectivity index (χ0) is 24.1. The summed E-state index contributed by atoms with van der Waals surface area (Å²) < 4.78 is 40.3. The van der Waals surface area contributed by atoms with Gasteiger partial charge in [-0.3, -0.25) is 0 Å². The van der Waals surface area contributed by atoms with Crippen LogP contribution >= 0.6 is 23.2 Å².